The normalized spacial score (nSPS) is 21.0. The summed E-state index contributed by atoms with van der Waals surface area (Å²) in [6, 6.07) is 0. The molecule has 0 saturated heterocycles. The lowest BCUT2D eigenvalue weighted by molar-refractivity contribution is 0.535. The first-order valence-corrected chi connectivity index (χ1v) is 6.42. The van der Waals surface area contributed by atoms with Gasteiger partial charge in [0.05, 0.1) is 0 Å². The van der Waals surface area contributed by atoms with Crippen LogP contribution in [0.3, 0.4) is 0 Å². The molecule has 0 saturated carbocycles. The first-order chi connectivity index (χ1) is 6.01. The first kappa shape index (κ1) is 10.8. The fourth-order valence-electron chi connectivity index (χ4n) is 0.775. The van der Waals surface area contributed by atoms with Gasteiger partial charge in [0.1, 0.15) is 0 Å². The second kappa shape index (κ2) is 3.85. The molecule has 74 valence electrons. The van der Waals surface area contributed by atoms with Crippen molar-refractivity contribution < 1.29 is 8.42 Å². The second-order valence-corrected chi connectivity index (χ2v) is 4.73. The van der Waals surface area contributed by atoms with Crippen LogP contribution in [0.25, 0.3) is 0 Å². The number of hydrogen-bond donors (Lipinski definition) is 0. The summed E-state index contributed by atoms with van der Waals surface area (Å²) in [7, 11) is -3.65. The molecule has 0 amide bonds. The van der Waals surface area contributed by atoms with Crippen LogP contribution in [0.5, 0.6) is 0 Å². The van der Waals surface area contributed by atoms with Gasteiger partial charge in [-0.25, -0.2) is 4.31 Å². The lowest BCUT2D eigenvalue weighted by atomic mass is 10.8. The molecule has 8 heteroatoms. The number of thioether (sulfide) groups is 1. The van der Waals surface area contributed by atoms with Gasteiger partial charge in [-0.15, -0.1) is 4.40 Å². The van der Waals surface area contributed by atoms with Gasteiger partial charge in [-0.3, -0.25) is 0 Å². The molecule has 0 N–H and O–H groups in total. The van der Waals surface area contributed by atoms with Crippen LogP contribution in [0.4, 0.5) is 0 Å². The van der Waals surface area contributed by atoms with E-state index in [9.17, 15) is 8.42 Å². The highest BCUT2D eigenvalue weighted by molar-refractivity contribution is 8.14. The molecule has 1 rings (SSSR count). The third kappa shape index (κ3) is 2.15. The number of aliphatic imine (C=N–C) groups is 1. The van der Waals surface area contributed by atoms with Gasteiger partial charge < -0.3 is 0 Å². The van der Waals surface area contributed by atoms with E-state index in [1.54, 1.807) is 13.2 Å². The van der Waals surface area contributed by atoms with Crippen molar-refractivity contribution in [3.8, 4) is 0 Å². The van der Waals surface area contributed by atoms with E-state index in [1.807, 2.05) is 0 Å². The van der Waals surface area contributed by atoms with Crippen LogP contribution in [-0.4, -0.2) is 36.0 Å². The standard InChI is InChI=1S/C5H8ClN3O2S2/c1-3-9-4(6)7-5(12-2)8-13(9,10)11/h3H2,1-2H3. The molecule has 1 aliphatic heterocycles. The topological polar surface area (TPSA) is 62.1 Å². The van der Waals surface area contributed by atoms with Crippen molar-refractivity contribution in [2.45, 2.75) is 6.92 Å². The minimum Gasteiger partial charge on any atom is -0.225 e. The maximum Gasteiger partial charge on any atom is 0.349 e. The minimum absolute atomic E-state index is 0.0538. The molecule has 0 aromatic carbocycles. The van der Waals surface area contributed by atoms with Gasteiger partial charge in [0.25, 0.3) is 0 Å². The zero-order chi connectivity index (χ0) is 10.1. The number of nitrogens with zero attached hydrogens (tertiary/aromatic N) is 3. The van der Waals surface area contributed by atoms with Crippen LogP contribution < -0.4 is 0 Å². The zero-order valence-corrected chi connectivity index (χ0v) is 9.45. The van der Waals surface area contributed by atoms with Crippen LogP contribution in [-0.2, 0) is 10.2 Å². The molecule has 0 spiro atoms. The van der Waals surface area contributed by atoms with E-state index in [0.29, 0.717) is 0 Å². The smallest absolute Gasteiger partial charge is 0.225 e. The van der Waals surface area contributed by atoms with Gasteiger partial charge >= 0.3 is 10.2 Å². The average molecular weight is 242 g/mol. The fourth-order valence-corrected chi connectivity index (χ4v) is 2.94. The molecule has 0 aromatic rings. The third-order valence-electron chi connectivity index (χ3n) is 1.34. The predicted octanol–water partition coefficient (Wildman–Crippen LogP) is 0.881. The molecule has 0 radical (unpaired) electrons. The quantitative estimate of drug-likeness (QED) is 0.641. The van der Waals surface area contributed by atoms with Crippen molar-refractivity contribution in [2.24, 2.45) is 9.39 Å². The largest absolute Gasteiger partial charge is 0.349 e. The molecule has 13 heavy (non-hydrogen) atoms. The molecule has 5 nitrogen and oxygen atoms in total. The van der Waals surface area contributed by atoms with Crippen LogP contribution in [0, 0.1) is 0 Å². The van der Waals surface area contributed by atoms with E-state index in [1.165, 1.54) is 0 Å². The molecule has 0 unspecified atom stereocenters. The SMILES string of the molecule is CCN1C(Cl)=NC(SC)=NS1(=O)=O. The highest BCUT2D eigenvalue weighted by Crippen LogP contribution is 2.17. The first-order valence-electron chi connectivity index (χ1n) is 3.42. The number of hydrogen-bond acceptors (Lipinski definition) is 4. The summed E-state index contributed by atoms with van der Waals surface area (Å²) < 4.78 is 27.1. The molecule has 0 fully saturated rings. The van der Waals surface area contributed by atoms with Crippen molar-refractivity contribution >= 4 is 44.0 Å². The lowest BCUT2D eigenvalue weighted by Crippen LogP contribution is -2.35. The predicted molar refractivity (Wildman–Crippen MR) is 55.5 cm³/mol. The van der Waals surface area contributed by atoms with Gasteiger partial charge in [-0.1, -0.05) is 11.8 Å². The van der Waals surface area contributed by atoms with Gasteiger partial charge in [0.2, 0.25) is 10.5 Å². The molecular formula is C5H8ClN3O2S2. The Morgan fingerprint density at radius 3 is 2.62 bits per heavy atom. The summed E-state index contributed by atoms with van der Waals surface area (Å²) in [5, 5.41) is 0.108. The Balaban J connectivity index is 3.14. The van der Waals surface area contributed by atoms with Crippen molar-refractivity contribution in [2.75, 3.05) is 12.8 Å². The average Bonchev–Trinajstić information content (AvgIpc) is 2.02. The van der Waals surface area contributed by atoms with Crippen LogP contribution in [0.2, 0.25) is 0 Å². The highest BCUT2D eigenvalue weighted by atomic mass is 35.5. The van der Waals surface area contributed by atoms with Gasteiger partial charge in [0, 0.05) is 6.54 Å². The third-order valence-corrected chi connectivity index (χ3v) is 3.78. The summed E-state index contributed by atoms with van der Waals surface area (Å²) >= 11 is 6.78. The number of amidine groups is 2. The molecule has 0 aromatic heterocycles. The summed E-state index contributed by atoms with van der Waals surface area (Å²) in [6.45, 7) is 1.89. The van der Waals surface area contributed by atoms with E-state index in [4.69, 9.17) is 11.6 Å². The maximum atomic E-state index is 11.4. The monoisotopic (exact) mass is 241 g/mol. The van der Waals surface area contributed by atoms with E-state index >= 15 is 0 Å². The highest BCUT2D eigenvalue weighted by Gasteiger charge is 2.27. The van der Waals surface area contributed by atoms with E-state index in [-0.39, 0.29) is 17.0 Å². The van der Waals surface area contributed by atoms with E-state index < -0.39 is 10.2 Å². The summed E-state index contributed by atoms with van der Waals surface area (Å²) in [6.07, 6.45) is 1.68. The Hall–Kier alpha value is -0.270. The van der Waals surface area contributed by atoms with E-state index in [0.717, 1.165) is 16.1 Å². The van der Waals surface area contributed by atoms with Crippen molar-refractivity contribution in [3.63, 3.8) is 0 Å². The maximum absolute atomic E-state index is 11.4. The van der Waals surface area contributed by atoms with Crippen molar-refractivity contribution in [1.29, 1.82) is 0 Å². The molecule has 1 aliphatic rings. The van der Waals surface area contributed by atoms with Gasteiger partial charge in [-0.05, 0) is 24.8 Å². The summed E-state index contributed by atoms with van der Waals surface area (Å²) in [5.41, 5.74) is 0. The Morgan fingerprint density at radius 2 is 2.23 bits per heavy atom. The molecule has 0 atom stereocenters. The fraction of sp³-hybridized carbons (Fsp3) is 0.600. The van der Waals surface area contributed by atoms with Crippen molar-refractivity contribution in [3.05, 3.63) is 0 Å². The zero-order valence-electron chi connectivity index (χ0n) is 7.06. The Kier molecular flexibility index (Phi) is 3.20. The number of halogens is 1. The second-order valence-electron chi connectivity index (χ2n) is 2.10. The van der Waals surface area contributed by atoms with Gasteiger partial charge in [-0.2, -0.15) is 13.4 Å². The van der Waals surface area contributed by atoms with Crippen molar-refractivity contribution in [1.82, 2.24) is 4.31 Å². The Labute approximate surface area is 86.1 Å². The Bertz CT molecular complexity index is 362. The Morgan fingerprint density at radius 1 is 1.62 bits per heavy atom. The number of rotatable bonds is 1. The molecule has 0 aliphatic carbocycles. The van der Waals surface area contributed by atoms with Crippen LogP contribution >= 0.6 is 23.4 Å². The molecule has 1 heterocycles. The van der Waals surface area contributed by atoms with E-state index in [2.05, 4.69) is 9.39 Å². The van der Waals surface area contributed by atoms with Gasteiger partial charge in [0.15, 0.2) is 0 Å². The lowest BCUT2D eigenvalue weighted by Gasteiger charge is -2.20. The minimum atomic E-state index is -3.65. The summed E-state index contributed by atoms with van der Waals surface area (Å²) in [5.74, 6) is 0. The van der Waals surface area contributed by atoms with Crippen LogP contribution in [0.1, 0.15) is 6.92 Å². The molecular weight excluding hydrogens is 234 g/mol. The summed E-state index contributed by atoms with van der Waals surface area (Å²) in [4.78, 5) is 3.79. The van der Waals surface area contributed by atoms with Crippen LogP contribution in [0.15, 0.2) is 9.39 Å². The molecule has 0 bridgehead atoms.